The second kappa shape index (κ2) is 8.53. The van der Waals surface area contributed by atoms with Gasteiger partial charge in [-0.25, -0.2) is 0 Å². The smallest absolute Gasteiger partial charge is 0.274 e. The van der Waals surface area contributed by atoms with E-state index in [0.29, 0.717) is 41.2 Å². The van der Waals surface area contributed by atoms with Crippen LogP contribution in [-0.4, -0.2) is 59.5 Å². The average Bonchev–Trinajstić information content (AvgIpc) is 2.81. The molecule has 1 aromatic carbocycles. The first-order valence-corrected chi connectivity index (χ1v) is 11.5. The zero-order chi connectivity index (χ0) is 22.2. The summed E-state index contributed by atoms with van der Waals surface area (Å²) < 4.78 is 1.89. The number of rotatable bonds is 3. The van der Waals surface area contributed by atoms with Crippen LogP contribution in [0, 0.1) is 17.2 Å². The number of piperidine rings is 2. The van der Waals surface area contributed by atoms with E-state index in [1.165, 1.54) is 12.8 Å². The molecule has 2 bridgehead atoms. The van der Waals surface area contributed by atoms with E-state index in [4.69, 9.17) is 5.26 Å². The second-order valence-corrected chi connectivity index (χ2v) is 9.52. The Kier molecular flexibility index (Phi) is 5.58. The van der Waals surface area contributed by atoms with Gasteiger partial charge in [0.25, 0.3) is 11.5 Å². The third kappa shape index (κ3) is 3.96. The molecule has 0 radical (unpaired) electrons. The quantitative estimate of drug-likeness (QED) is 0.808. The fraction of sp³-hybridized carbons (Fsp3) is 0.480. The molecule has 2 atom stereocenters. The number of nitrogens with one attached hydrogen (secondary N) is 1. The van der Waals surface area contributed by atoms with Gasteiger partial charge in [-0.05, 0) is 81.7 Å². The summed E-state index contributed by atoms with van der Waals surface area (Å²) in [5.41, 5.74) is 2.22. The Morgan fingerprint density at radius 3 is 2.53 bits per heavy atom. The Labute approximate surface area is 188 Å². The molecule has 7 heteroatoms. The van der Waals surface area contributed by atoms with Crippen LogP contribution in [0.1, 0.15) is 46.8 Å². The molecule has 5 rings (SSSR count). The van der Waals surface area contributed by atoms with Crippen molar-refractivity contribution in [1.29, 1.82) is 5.26 Å². The number of nitrogens with zero attached hydrogens (tertiary/aromatic N) is 4. The summed E-state index contributed by atoms with van der Waals surface area (Å²) in [6.45, 7) is 5.11. The van der Waals surface area contributed by atoms with Crippen LogP contribution in [0.2, 0.25) is 0 Å². The number of likely N-dealkylation sites (tertiary alicyclic amines) is 2. The number of carbonyl (C=O) groups excluding carboxylic acids is 1. The molecule has 32 heavy (non-hydrogen) atoms. The molecule has 0 spiro atoms. The maximum absolute atomic E-state index is 13.2. The van der Waals surface area contributed by atoms with E-state index in [-0.39, 0.29) is 11.5 Å². The Bertz CT molecular complexity index is 1110. The van der Waals surface area contributed by atoms with Gasteiger partial charge in [-0.1, -0.05) is 0 Å². The van der Waals surface area contributed by atoms with Crippen molar-refractivity contribution in [1.82, 2.24) is 14.4 Å². The van der Waals surface area contributed by atoms with Crippen molar-refractivity contribution >= 4 is 11.6 Å². The third-order valence-electron chi connectivity index (χ3n) is 7.36. The Morgan fingerprint density at radius 1 is 1.06 bits per heavy atom. The highest BCUT2D eigenvalue weighted by atomic mass is 16.2. The van der Waals surface area contributed by atoms with E-state index in [1.54, 1.807) is 30.3 Å². The number of hydrogen-bond acceptors (Lipinski definition) is 5. The molecule has 0 aliphatic carbocycles. The van der Waals surface area contributed by atoms with Gasteiger partial charge in [0.1, 0.15) is 5.69 Å². The standard InChI is InChI=1S/C25H29N5O2/c1-28-10-8-21(9-11-28)29-14-18-12-20(16-29)23-7-6-22(25(32)30(23)15-18)27-24(31)19-4-2-17(13-26)3-5-19/h2-7,18,20-21H,8-12,14-16H2,1H3,(H,27,31). The molecule has 7 nitrogen and oxygen atoms in total. The summed E-state index contributed by atoms with van der Waals surface area (Å²) in [5.74, 6) is 0.512. The monoisotopic (exact) mass is 431 g/mol. The maximum Gasteiger partial charge on any atom is 0.274 e. The van der Waals surface area contributed by atoms with Crippen LogP contribution in [0.25, 0.3) is 0 Å². The molecule has 1 N–H and O–H groups in total. The summed E-state index contributed by atoms with van der Waals surface area (Å²) in [6, 6.07) is 12.9. The summed E-state index contributed by atoms with van der Waals surface area (Å²) in [7, 11) is 2.20. The first-order chi connectivity index (χ1) is 15.5. The number of nitriles is 1. The minimum absolute atomic E-state index is 0.119. The molecule has 3 aliphatic rings. The number of amides is 1. The van der Waals surface area contributed by atoms with Gasteiger partial charge >= 0.3 is 0 Å². The summed E-state index contributed by atoms with van der Waals surface area (Å²) >= 11 is 0. The van der Waals surface area contributed by atoms with Crippen molar-refractivity contribution in [3.63, 3.8) is 0 Å². The lowest BCUT2D eigenvalue weighted by molar-refractivity contribution is 0.0517. The van der Waals surface area contributed by atoms with Crippen LogP contribution in [-0.2, 0) is 6.54 Å². The zero-order valence-corrected chi connectivity index (χ0v) is 18.5. The molecule has 2 saturated heterocycles. The number of carbonyl (C=O) groups is 1. The first-order valence-electron chi connectivity index (χ1n) is 11.5. The van der Waals surface area contributed by atoms with Crippen LogP contribution in [0.3, 0.4) is 0 Å². The Hall–Kier alpha value is -2.95. The van der Waals surface area contributed by atoms with Gasteiger partial charge in [-0.3, -0.25) is 14.5 Å². The summed E-state index contributed by atoms with van der Waals surface area (Å²) in [6.07, 6.45) is 3.59. The highest BCUT2D eigenvalue weighted by molar-refractivity contribution is 6.04. The lowest BCUT2D eigenvalue weighted by Gasteiger charge is -2.47. The topological polar surface area (TPSA) is 81.4 Å². The zero-order valence-electron chi connectivity index (χ0n) is 18.5. The van der Waals surface area contributed by atoms with Crippen LogP contribution >= 0.6 is 0 Å². The van der Waals surface area contributed by atoms with Crippen LogP contribution in [0.4, 0.5) is 5.69 Å². The molecule has 2 unspecified atom stereocenters. The second-order valence-electron chi connectivity index (χ2n) is 9.52. The first kappa shape index (κ1) is 20.9. The number of benzene rings is 1. The van der Waals surface area contributed by atoms with Gasteiger partial charge in [-0.15, -0.1) is 0 Å². The molecule has 4 heterocycles. The molecule has 166 valence electrons. The van der Waals surface area contributed by atoms with Crippen LogP contribution in [0.5, 0.6) is 0 Å². The van der Waals surface area contributed by atoms with Crippen molar-refractivity contribution in [2.24, 2.45) is 5.92 Å². The largest absolute Gasteiger partial charge is 0.317 e. The maximum atomic E-state index is 13.2. The van der Waals surface area contributed by atoms with Gasteiger partial charge < -0.3 is 14.8 Å². The minimum atomic E-state index is -0.336. The number of anilines is 1. The van der Waals surface area contributed by atoms with Crippen molar-refractivity contribution in [2.45, 2.75) is 37.8 Å². The Balaban J connectivity index is 1.33. The highest BCUT2D eigenvalue weighted by Crippen LogP contribution is 2.37. The Morgan fingerprint density at radius 2 is 1.81 bits per heavy atom. The van der Waals surface area contributed by atoms with E-state index in [2.05, 4.69) is 22.2 Å². The number of hydrogen-bond donors (Lipinski definition) is 1. The molecule has 2 fully saturated rings. The molecule has 0 saturated carbocycles. The molecular weight excluding hydrogens is 402 g/mol. The van der Waals surface area contributed by atoms with Crippen LogP contribution in [0.15, 0.2) is 41.2 Å². The average molecular weight is 432 g/mol. The number of pyridine rings is 1. The van der Waals surface area contributed by atoms with Crippen molar-refractivity contribution < 1.29 is 4.79 Å². The molecular formula is C25H29N5O2. The fourth-order valence-electron chi connectivity index (χ4n) is 5.63. The predicted molar refractivity (Wildman–Crippen MR) is 123 cm³/mol. The molecule has 1 aromatic heterocycles. The van der Waals surface area contributed by atoms with Crippen LogP contribution < -0.4 is 10.9 Å². The van der Waals surface area contributed by atoms with E-state index in [1.807, 2.05) is 16.7 Å². The minimum Gasteiger partial charge on any atom is -0.317 e. The lowest BCUT2D eigenvalue weighted by atomic mass is 9.82. The normalized spacial score (nSPS) is 23.9. The molecule has 3 aliphatic heterocycles. The third-order valence-corrected chi connectivity index (χ3v) is 7.36. The van der Waals surface area contributed by atoms with E-state index >= 15 is 0 Å². The molecule has 1 amide bonds. The van der Waals surface area contributed by atoms with E-state index in [9.17, 15) is 9.59 Å². The van der Waals surface area contributed by atoms with E-state index < -0.39 is 0 Å². The SMILES string of the molecule is CN1CCC(N2CC3CC(C2)c2ccc(NC(=O)c4ccc(C#N)cc4)c(=O)n2C3)CC1. The van der Waals surface area contributed by atoms with Gasteiger partial charge in [0.15, 0.2) is 0 Å². The molecule has 2 aromatic rings. The summed E-state index contributed by atoms with van der Waals surface area (Å²) in [4.78, 5) is 30.9. The fourth-order valence-corrected chi connectivity index (χ4v) is 5.63. The van der Waals surface area contributed by atoms with Gasteiger partial charge in [0, 0.05) is 42.9 Å². The lowest BCUT2D eigenvalue weighted by Crippen LogP contribution is -2.53. The van der Waals surface area contributed by atoms with Gasteiger partial charge in [0.2, 0.25) is 0 Å². The number of aromatic nitrogens is 1. The predicted octanol–water partition coefficient (Wildman–Crippen LogP) is 2.49. The van der Waals surface area contributed by atoms with Crippen molar-refractivity contribution in [3.05, 3.63) is 63.6 Å². The van der Waals surface area contributed by atoms with Gasteiger partial charge in [-0.2, -0.15) is 5.26 Å². The summed E-state index contributed by atoms with van der Waals surface area (Å²) in [5, 5.41) is 11.7. The highest BCUT2D eigenvalue weighted by Gasteiger charge is 2.37. The van der Waals surface area contributed by atoms with Crippen molar-refractivity contribution in [3.8, 4) is 6.07 Å². The van der Waals surface area contributed by atoms with Crippen molar-refractivity contribution in [2.75, 3.05) is 38.5 Å². The van der Waals surface area contributed by atoms with E-state index in [0.717, 1.165) is 38.3 Å². The van der Waals surface area contributed by atoms with Gasteiger partial charge in [0.05, 0.1) is 11.6 Å². The number of fused-ring (bicyclic) bond motifs is 4.